The summed E-state index contributed by atoms with van der Waals surface area (Å²) in [6.07, 6.45) is 14.0. The number of rotatable bonds is 33. The fraction of sp³-hybridized carbons (Fsp3) is 0.780. The first kappa shape index (κ1) is 57.8. The number of hydrogen-bond donors (Lipinski definition) is 4. The average Bonchev–Trinajstić information content (AvgIpc) is 3.64. The zero-order valence-corrected chi connectivity index (χ0v) is 41.1. The molecule has 0 radical (unpaired) electrons. The maximum atomic E-state index is 13.8. The lowest BCUT2D eigenvalue weighted by Crippen LogP contribution is -2.46. The summed E-state index contributed by atoms with van der Waals surface area (Å²) in [5.74, 6) is 3.35. The van der Waals surface area contributed by atoms with Gasteiger partial charge in [-0.05, 0) is 90.5 Å². The Morgan fingerprint density at radius 1 is 0.892 bits per heavy atom. The van der Waals surface area contributed by atoms with E-state index in [0.29, 0.717) is 89.4 Å². The van der Waals surface area contributed by atoms with Gasteiger partial charge in [-0.3, -0.25) is 25.5 Å². The van der Waals surface area contributed by atoms with E-state index in [1.165, 1.54) is 0 Å². The number of carbonyl (C=O) groups excluding carboxylic acids is 1. The summed E-state index contributed by atoms with van der Waals surface area (Å²) in [7, 11) is 0. The van der Waals surface area contributed by atoms with Gasteiger partial charge in [0, 0.05) is 62.7 Å². The molecule has 0 spiro atoms. The summed E-state index contributed by atoms with van der Waals surface area (Å²) in [4.78, 5) is 22.2. The van der Waals surface area contributed by atoms with Gasteiger partial charge in [0.1, 0.15) is 5.84 Å². The second-order valence-electron chi connectivity index (χ2n) is 17.4. The molecule has 0 bridgehead atoms. The average molecular weight is 919 g/mol. The van der Waals surface area contributed by atoms with Crippen LogP contribution in [0.1, 0.15) is 162 Å². The Morgan fingerprint density at radius 3 is 2.05 bits per heavy atom. The van der Waals surface area contributed by atoms with E-state index in [1.54, 1.807) is 13.1 Å². The van der Waals surface area contributed by atoms with Gasteiger partial charge in [0.05, 0.1) is 70.4 Å². The van der Waals surface area contributed by atoms with E-state index in [-0.39, 0.29) is 49.6 Å². The number of benzene rings is 1. The second-order valence-corrected chi connectivity index (χ2v) is 17.4. The molecule has 372 valence electrons. The number of halogens is 2. The third-order valence-electron chi connectivity index (χ3n) is 12.3. The SMILES string of the molecule is CC.CCCOCCOCCOCCOCCN=C/C(CCCCCCCCC(=N)N(C(C)=N)C(C)CC1CCC(C)N1CCC(NC(=O)C1CCC(F)(F)CC1)c1ccccc1)=N\N. The zero-order valence-electron chi connectivity index (χ0n) is 41.1. The molecule has 1 aromatic rings. The maximum absolute atomic E-state index is 13.8. The predicted octanol–water partition coefficient (Wildman–Crippen LogP) is 9.98. The van der Waals surface area contributed by atoms with Crippen LogP contribution < -0.4 is 11.2 Å². The highest BCUT2D eigenvalue weighted by molar-refractivity contribution is 6.30. The van der Waals surface area contributed by atoms with Crippen molar-refractivity contribution >= 4 is 29.5 Å². The summed E-state index contributed by atoms with van der Waals surface area (Å²) in [6.45, 7) is 18.2. The van der Waals surface area contributed by atoms with Crippen molar-refractivity contribution in [2.75, 3.05) is 65.9 Å². The number of carbonyl (C=O) groups is 1. The molecule has 4 unspecified atom stereocenters. The van der Waals surface area contributed by atoms with Crippen molar-refractivity contribution in [1.82, 2.24) is 15.1 Å². The molecular weight excluding hydrogens is 831 g/mol. The first-order valence-corrected chi connectivity index (χ1v) is 24.9. The number of aliphatic imine (C=N–C) groups is 1. The van der Waals surface area contributed by atoms with Gasteiger partial charge in [-0.15, -0.1) is 0 Å². The van der Waals surface area contributed by atoms with Crippen LogP contribution in [0.5, 0.6) is 0 Å². The number of nitrogens with two attached hydrogens (primary N) is 1. The van der Waals surface area contributed by atoms with E-state index in [4.69, 9.17) is 35.6 Å². The van der Waals surface area contributed by atoms with E-state index in [0.717, 1.165) is 95.1 Å². The van der Waals surface area contributed by atoms with Crippen molar-refractivity contribution < 1.29 is 32.5 Å². The fourth-order valence-electron chi connectivity index (χ4n) is 8.74. The summed E-state index contributed by atoms with van der Waals surface area (Å²) in [5.41, 5.74) is 1.81. The van der Waals surface area contributed by atoms with Crippen molar-refractivity contribution in [1.29, 1.82) is 10.8 Å². The van der Waals surface area contributed by atoms with Gasteiger partial charge in [0.15, 0.2) is 0 Å². The number of nitrogens with zero attached hydrogens (tertiary/aromatic N) is 4. The Kier molecular flexibility index (Phi) is 31.0. The predicted molar refractivity (Wildman–Crippen MR) is 262 cm³/mol. The third kappa shape index (κ3) is 24.3. The first-order valence-electron chi connectivity index (χ1n) is 24.9. The highest BCUT2D eigenvalue weighted by Crippen LogP contribution is 2.37. The fourth-order valence-corrected chi connectivity index (χ4v) is 8.74. The highest BCUT2D eigenvalue weighted by atomic mass is 19.3. The zero-order chi connectivity index (χ0) is 47.7. The lowest BCUT2D eigenvalue weighted by molar-refractivity contribution is -0.130. The van der Waals surface area contributed by atoms with Gasteiger partial charge < -0.3 is 35.0 Å². The minimum Gasteiger partial charge on any atom is -0.379 e. The molecule has 1 saturated heterocycles. The quantitative estimate of drug-likeness (QED) is 0.0177. The molecule has 2 fully saturated rings. The van der Waals surface area contributed by atoms with Gasteiger partial charge in [-0.1, -0.05) is 76.8 Å². The highest BCUT2D eigenvalue weighted by Gasteiger charge is 2.38. The van der Waals surface area contributed by atoms with E-state index >= 15 is 0 Å². The number of hydrazone groups is 1. The Labute approximate surface area is 391 Å². The molecule has 1 aromatic carbocycles. The van der Waals surface area contributed by atoms with Crippen LogP contribution in [0.15, 0.2) is 40.4 Å². The molecule has 1 amide bonds. The standard InChI is InChI=1S/C48H82F2N8O5.C2H6/c1-5-28-60-30-32-62-34-35-63-33-31-61-29-26-54-37-43(56-53)17-13-8-6-7-9-14-18-46(52)58(40(4)51)39(3)36-44-20-19-38(2)57(44)27-23-45(41-15-11-10-12-16-41)55-47(59)42-21-24-48(49,50)25-22-42;1-2/h10-12,15-16,37-39,42,44-45,51-52H,5-9,13-14,17-36,53H2,1-4H3,(H,55,59);1-2H3/b51-40?,52-46?,54-37?,56-43-;. The van der Waals surface area contributed by atoms with Crippen molar-refractivity contribution in [2.24, 2.45) is 21.9 Å². The summed E-state index contributed by atoms with van der Waals surface area (Å²) >= 11 is 0. The molecule has 3 rings (SSSR count). The first-order chi connectivity index (χ1) is 31.5. The van der Waals surface area contributed by atoms with Crippen LogP contribution >= 0.6 is 0 Å². The third-order valence-corrected chi connectivity index (χ3v) is 12.3. The van der Waals surface area contributed by atoms with Gasteiger partial charge >= 0.3 is 0 Å². The molecule has 4 atom stereocenters. The molecule has 1 heterocycles. The lowest BCUT2D eigenvalue weighted by atomic mass is 9.86. The maximum Gasteiger partial charge on any atom is 0.248 e. The minimum absolute atomic E-state index is 0.00742. The number of nitrogens with one attached hydrogen (secondary N) is 3. The summed E-state index contributed by atoms with van der Waals surface area (Å²) in [6, 6.07) is 10.4. The summed E-state index contributed by atoms with van der Waals surface area (Å²) in [5, 5.41) is 24.7. The van der Waals surface area contributed by atoms with Crippen LogP contribution in [0.4, 0.5) is 8.78 Å². The number of amidine groups is 2. The molecule has 65 heavy (non-hydrogen) atoms. The minimum atomic E-state index is -2.67. The molecule has 0 aromatic heterocycles. The Balaban J connectivity index is 0.00000715. The van der Waals surface area contributed by atoms with Crippen molar-refractivity contribution in [3.8, 4) is 0 Å². The van der Waals surface area contributed by atoms with Crippen LogP contribution in [0.3, 0.4) is 0 Å². The van der Waals surface area contributed by atoms with E-state index in [9.17, 15) is 13.6 Å². The topological polar surface area (TPSA) is 171 Å². The normalized spacial score (nSPS) is 18.9. The number of unbranched alkanes of at least 4 members (excludes halogenated alkanes) is 5. The van der Waals surface area contributed by atoms with E-state index in [1.807, 2.05) is 49.1 Å². The van der Waals surface area contributed by atoms with Crippen LogP contribution in [-0.2, 0) is 23.7 Å². The monoisotopic (exact) mass is 919 g/mol. The molecule has 5 N–H and O–H groups in total. The molecule has 1 aliphatic heterocycles. The van der Waals surface area contributed by atoms with Crippen molar-refractivity contribution in [2.45, 2.75) is 181 Å². The van der Waals surface area contributed by atoms with Crippen LogP contribution in [0, 0.1) is 16.7 Å². The molecule has 13 nitrogen and oxygen atoms in total. The smallest absolute Gasteiger partial charge is 0.248 e. The number of likely N-dealkylation sites (tertiary alicyclic amines) is 1. The Morgan fingerprint density at radius 2 is 1.46 bits per heavy atom. The Hall–Kier alpha value is -3.37. The molecule has 1 aliphatic carbocycles. The lowest BCUT2D eigenvalue weighted by Gasteiger charge is -2.36. The van der Waals surface area contributed by atoms with Gasteiger partial charge in [-0.25, -0.2) is 8.78 Å². The molecule has 1 saturated carbocycles. The number of hydrogen-bond acceptors (Lipinski definition) is 11. The van der Waals surface area contributed by atoms with Gasteiger partial charge in [0.2, 0.25) is 11.8 Å². The number of ether oxygens (including phenoxy) is 4. The second kappa shape index (κ2) is 34.9. The van der Waals surface area contributed by atoms with E-state index < -0.39 is 5.92 Å². The van der Waals surface area contributed by atoms with Crippen LogP contribution in [-0.4, -0.2) is 129 Å². The number of alkyl halides is 2. The number of amides is 1. The van der Waals surface area contributed by atoms with Gasteiger partial charge in [0.25, 0.3) is 0 Å². The van der Waals surface area contributed by atoms with Crippen molar-refractivity contribution in [3.05, 3.63) is 35.9 Å². The van der Waals surface area contributed by atoms with Crippen molar-refractivity contribution in [3.63, 3.8) is 0 Å². The summed E-state index contributed by atoms with van der Waals surface area (Å²) < 4.78 is 49.6. The molecule has 15 heteroatoms. The molecule has 2 aliphatic rings. The van der Waals surface area contributed by atoms with Gasteiger partial charge in [-0.2, -0.15) is 5.10 Å². The van der Waals surface area contributed by atoms with Crippen LogP contribution in [0.2, 0.25) is 0 Å². The largest absolute Gasteiger partial charge is 0.379 e. The van der Waals surface area contributed by atoms with E-state index in [2.05, 4.69) is 41.1 Å². The molecular formula is C50H88F2N8O5. The Bertz CT molecular complexity index is 1480. The van der Waals surface area contributed by atoms with Crippen LogP contribution in [0.25, 0.3) is 0 Å².